The van der Waals surface area contributed by atoms with E-state index < -0.39 is 11.6 Å². The van der Waals surface area contributed by atoms with Crippen molar-refractivity contribution in [3.8, 4) is 0 Å². The van der Waals surface area contributed by atoms with Gasteiger partial charge in [-0.2, -0.15) is 0 Å². The van der Waals surface area contributed by atoms with Crippen molar-refractivity contribution in [3.63, 3.8) is 0 Å². The predicted molar refractivity (Wildman–Crippen MR) is 102 cm³/mol. The van der Waals surface area contributed by atoms with E-state index >= 15 is 0 Å². The molecule has 0 fully saturated rings. The smallest absolute Gasteiger partial charge is 0.131 e. The monoisotopic (exact) mass is 361 g/mol. The lowest BCUT2D eigenvalue weighted by Gasteiger charge is -2.23. The van der Waals surface area contributed by atoms with Crippen molar-refractivity contribution in [2.45, 2.75) is 40.2 Å². The van der Waals surface area contributed by atoms with Gasteiger partial charge in [0, 0.05) is 18.0 Å². The summed E-state index contributed by atoms with van der Waals surface area (Å²) in [6.45, 7) is 10.5. The summed E-state index contributed by atoms with van der Waals surface area (Å²) in [5.74, 6) is -0.440. The molecule has 0 heterocycles. The van der Waals surface area contributed by atoms with Crippen LogP contribution in [0.15, 0.2) is 36.4 Å². The van der Waals surface area contributed by atoms with Crippen LogP contribution in [0.5, 0.6) is 0 Å². The average Bonchev–Trinajstić information content (AvgIpc) is 2.56. The Morgan fingerprint density at radius 1 is 0.923 bits per heavy atom. The van der Waals surface area contributed by atoms with E-state index in [9.17, 15) is 8.78 Å². The fourth-order valence-electron chi connectivity index (χ4n) is 3.24. The Labute approximate surface area is 155 Å². The zero-order valence-electron chi connectivity index (χ0n) is 16.1. The third-order valence-corrected chi connectivity index (χ3v) is 4.52. The number of ether oxygens (including phenoxy) is 1. The van der Waals surface area contributed by atoms with E-state index in [0.717, 1.165) is 13.1 Å². The first-order valence-electron chi connectivity index (χ1n) is 9.17. The quantitative estimate of drug-likeness (QED) is 0.669. The summed E-state index contributed by atoms with van der Waals surface area (Å²) in [5.41, 5.74) is 3.66. The lowest BCUT2D eigenvalue weighted by atomic mass is 9.91. The van der Waals surface area contributed by atoms with Crippen LogP contribution in [0.2, 0.25) is 0 Å². The number of aryl methyl sites for hydroxylation is 2. The molecule has 0 bridgehead atoms. The molecule has 2 aromatic rings. The van der Waals surface area contributed by atoms with E-state index in [2.05, 4.69) is 45.1 Å². The van der Waals surface area contributed by atoms with E-state index in [1.165, 1.54) is 34.9 Å². The molecule has 0 radical (unpaired) electrons. The molecule has 142 valence electrons. The van der Waals surface area contributed by atoms with Crippen molar-refractivity contribution in [1.29, 1.82) is 0 Å². The molecule has 1 atom stereocenters. The molecule has 0 aliphatic carbocycles. The molecule has 1 unspecified atom stereocenters. The van der Waals surface area contributed by atoms with Crippen LogP contribution in [-0.4, -0.2) is 19.7 Å². The van der Waals surface area contributed by atoms with Crippen LogP contribution in [0, 0.1) is 31.4 Å². The number of rotatable bonds is 9. The Hall–Kier alpha value is -1.78. The first-order chi connectivity index (χ1) is 12.4. The molecule has 0 saturated heterocycles. The molecule has 0 spiro atoms. The maximum absolute atomic E-state index is 13.8. The molecule has 2 rings (SSSR count). The van der Waals surface area contributed by atoms with Gasteiger partial charge in [0.25, 0.3) is 0 Å². The van der Waals surface area contributed by atoms with Gasteiger partial charge in [-0.1, -0.05) is 38.1 Å². The van der Waals surface area contributed by atoms with Gasteiger partial charge in [0.2, 0.25) is 0 Å². The molecule has 4 heteroatoms. The minimum Gasteiger partial charge on any atom is -0.376 e. The lowest BCUT2D eigenvalue weighted by Crippen LogP contribution is -2.28. The van der Waals surface area contributed by atoms with Gasteiger partial charge in [0.1, 0.15) is 11.6 Å². The summed E-state index contributed by atoms with van der Waals surface area (Å²) in [6.07, 6.45) is 0. The van der Waals surface area contributed by atoms with Crippen LogP contribution in [0.3, 0.4) is 0 Å². The summed E-state index contributed by atoms with van der Waals surface area (Å²) in [5, 5.41) is 3.48. The van der Waals surface area contributed by atoms with Crippen LogP contribution >= 0.6 is 0 Å². The highest BCUT2D eigenvalue weighted by molar-refractivity contribution is 5.37. The Kier molecular flexibility index (Phi) is 7.73. The van der Waals surface area contributed by atoms with Crippen LogP contribution in [-0.2, 0) is 11.3 Å². The van der Waals surface area contributed by atoms with Crippen molar-refractivity contribution in [2.24, 2.45) is 5.92 Å². The fraction of sp³-hybridized carbons (Fsp3) is 0.455. The van der Waals surface area contributed by atoms with Crippen LogP contribution in [0.4, 0.5) is 8.78 Å². The van der Waals surface area contributed by atoms with E-state index in [0.29, 0.717) is 12.5 Å². The highest BCUT2D eigenvalue weighted by atomic mass is 19.1. The minimum atomic E-state index is -0.563. The highest BCUT2D eigenvalue weighted by Gasteiger charge is 2.17. The summed E-state index contributed by atoms with van der Waals surface area (Å²) < 4.78 is 33.3. The van der Waals surface area contributed by atoms with Gasteiger partial charge in [-0.15, -0.1) is 0 Å². The van der Waals surface area contributed by atoms with Crippen molar-refractivity contribution >= 4 is 0 Å². The molecule has 2 aromatic carbocycles. The molecule has 0 aliphatic heterocycles. The Bertz CT molecular complexity index is 675. The van der Waals surface area contributed by atoms with E-state index in [1.54, 1.807) is 0 Å². The van der Waals surface area contributed by atoms with Gasteiger partial charge in [0.05, 0.1) is 13.2 Å². The molecule has 0 aromatic heterocycles. The predicted octanol–water partition coefficient (Wildman–Crippen LogP) is 5.13. The molecule has 1 N–H and O–H groups in total. The summed E-state index contributed by atoms with van der Waals surface area (Å²) in [4.78, 5) is 0. The van der Waals surface area contributed by atoms with Gasteiger partial charge < -0.3 is 10.1 Å². The summed E-state index contributed by atoms with van der Waals surface area (Å²) >= 11 is 0. The lowest BCUT2D eigenvalue weighted by molar-refractivity contribution is 0.101. The van der Waals surface area contributed by atoms with E-state index in [-0.39, 0.29) is 18.1 Å². The number of hydrogen-bond donors (Lipinski definition) is 1. The number of halogens is 2. The van der Waals surface area contributed by atoms with Gasteiger partial charge in [-0.3, -0.25) is 0 Å². The molecular formula is C22H29F2NO. The first kappa shape index (κ1) is 20.5. The van der Waals surface area contributed by atoms with Gasteiger partial charge in [0.15, 0.2) is 0 Å². The van der Waals surface area contributed by atoms with Crippen LogP contribution in [0.25, 0.3) is 0 Å². The topological polar surface area (TPSA) is 21.3 Å². The second-order valence-electron chi connectivity index (χ2n) is 7.27. The van der Waals surface area contributed by atoms with Crippen molar-refractivity contribution in [1.82, 2.24) is 5.32 Å². The van der Waals surface area contributed by atoms with Crippen molar-refractivity contribution < 1.29 is 13.5 Å². The average molecular weight is 361 g/mol. The zero-order valence-corrected chi connectivity index (χ0v) is 16.1. The first-order valence-corrected chi connectivity index (χ1v) is 9.17. The molecule has 0 saturated carbocycles. The summed E-state index contributed by atoms with van der Waals surface area (Å²) in [6, 6.07) is 10.1. The third kappa shape index (κ3) is 5.61. The second kappa shape index (κ2) is 9.79. The van der Waals surface area contributed by atoms with Gasteiger partial charge in [-0.05, 0) is 55.1 Å². The van der Waals surface area contributed by atoms with E-state index in [1.807, 2.05) is 6.07 Å². The molecule has 2 nitrogen and oxygen atoms in total. The normalized spacial score (nSPS) is 12.6. The molecule has 0 amide bonds. The Balaban J connectivity index is 2.09. The SMILES string of the molecule is Cc1cccc(C)c1C(CNCC(C)C)COCc1c(F)cccc1F. The standard InChI is InChI=1S/C22H29F2NO/c1-15(2)11-25-12-18(22-16(3)7-5-8-17(22)4)13-26-14-19-20(23)9-6-10-21(19)24/h5-10,15,18,25H,11-14H2,1-4H3. The molecule has 26 heavy (non-hydrogen) atoms. The largest absolute Gasteiger partial charge is 0.376 e. The number of benzene rings is 2. The zero-order chi connectivity index (χ0) is 19.1. The highest BCUT2D eigenvalue weighted by Crippen LogP contribution is 2.24. The van der Waals surface area contributed by atoms with Crippen molar-refractivity contribution in [3.05, 3.63) is 70.3 Å². The fourth-order valence-corrected chi connectivity index (χ4v) is 3.24. The maximum atomic E-state index is 13.8. The Morgan fingerprint density at radius 3 is 2.08 bits per heavy atom. The van der Waals surface area contributed by atoms with E-state index in [4.69, 9.17) is 4.74 Å². The summed E-state index contributed by atoms with van der Waals surface area (Å²) in [7, 11) is 0. The van der Waals surface area contributed by atoms with Gasteiger partial charge in [-0.25, -0.2) is 8.78 Å². The molecular weight excluding hydrogens is 332 g/mol. The maximum Gasteiger partial charge on any atom is 0.131 e. The minimum absolute atomic E-state index is 0.0112. The molecule has 0 aliphatic rings. The van der Waals surface area contributed by atoms with Crippen molar-refractivity contribution in [2.75, 3.05) is 19.7 Å². The third-order valence-electron chi connectivity index (χ3n) is 4.52. The Morgan fingerprint density at radius 2 is 1.50 bits per heavy atom. The second-order valence-corrected chi connectivity index (χ2v) is 7.27. The van der Waals surface area contributed by atoms with Crippen LogP contribution in [0.1, 0.15) is 42.0 Å². The van der Waals surface area contributed by atoms with Crippen LogP contribution < -0.4 is 5.32 Å². The number of hydrogen-bond acceptors (Lipinski definition) is 2. The van der Waals surface area contributed by atoms with Gasteiger partial charge >= 0.3 is 0 Å². The number of nitrogens with one attached hydrogen (secondary N) is 1.